The number of rotatable bonds is 6. The van der Waals surface area contributed by atoms with Crippen LogP contribution in [0.5, 0.6) is 0 Å². The standard InChI is InChI=1S/C15H21N3OS2/c1-10-9-20-14(17-10)13(16-7-8-19-2)15-18-11-5-3-4-6-12(11)21-15/h9,13,16H,3-8H2,1-2H3. The van der Waals surface area contributed by atoms with Gasteiger partial charge in [-0.1, -0.05) is 0 Å². The van der Waals surface area contributed by atoms with E-state index in [4.69, 9.17) is 9.72 Å². The third-order valence-electron chi connectivity index (χ3n) is 3.65. The van der Waals surface area contributed by atoms with Crippen LogP contribution in [0.4, 0.5) is 0 Å². The van der Waals surface area contributed by atoms with Gasteiger partial charge in [0, 0.05) is 29.6 Å². The zero-order valence-corrected chi connectivity index (χ0v) is 14.1. The lowest BCUT2D eigenvalue weighted by molar-refractivity contribution is 0.197. The Morgan fingerprint density at radius 3 is 2.86 bits per heavy atom. The summed E-state index contributed by atoms with van der Waals surface area (Å²) in [6.07, 6.45) is 4.89. The quantitative estimate of drug-likeness (QED) is 0.830. The van der Waals surface area contributed by atoms with Crippen LogP contribution in [-0.2, 0) is 17.6 Å². The van der Waals surface area contributed by atoms with E-state index >= 15 is 0 Å². The highest BCUT2D eigenvalue weighted by Gasteiger charge is 2.24. The molecule has 3 rings (SSSR count). The van der Waals surface area contributed by atoms with Crippen LogP contribution >= 0.6 is 22.7 Å². The lowest BCUT2D eigenvalue weighted by atomic mass is 10.0. The summed E-state index contributed by atoms with van der Waals surface area (Å²) in [5, 5.41) is 7.92. The van der Waals surface area contributed by atoms with Crippen molar-refractivity contribution in [2.45, 2.75) is 38.6 Å². The summed E-state index contributed by atoms with van der Waals surface area (Å²) in [7, 11) is 1.73. The molecule has 0 saturated heterocycles. The molecule has 1 N–H and O–H groups in total. The van der Waals surface area contributed by atoms with Crippen molar-refractivity contribution >= 4 is 22.7 Å². The number of ether oxygens (including phenoxy) is 1. The molecule has 1 unspecified atom stereocenters. The number of hydrogen-bond donors (Lipinski definition) is 1. The lowest BCUT2D eigenvalue weighted by Gasteiger charge is -2.13. The highest BCUT2D eigenvalue weighted by atomic mass is 32.1. The van der Waals surface area contributed by atoms with E-state index in [1.165, 1.54) is 29.8 Å². The molecular formula is C15H21N3OS2. The third kappa shape index (κ3) is 3.51. The Kier molecular flexibility index (Phi) is 5.00. The predicted octanol–water partition coefficient (Wildman–Crippen LogP) is 3.11. The number of methoxy groups -OCH3 is 1. The van der Waals surface area contributed by atoms with E-state index < -0.39 is 0 Å². The molecule has 21 heavy (non-hydrogen) atoms. The molecule has 2 heterocycles. The van der Waals surface area contributed by atoms with Gasteiger partial charge in [0.25, 0.3) is 0 Å². The van der Waals surface area contributed by atoms with Gasteiger partial charge in [0.2, 0.25) is 0 Å². The number of nitrogens with one attached hydrogen (secondary N) is 1. The maximum atomic E-state index is 5.15. The molecule has 0 radical (unpaired) electrons. The van der Waals surface area contributed by atoms with Crippen molar-refractivity contribution in [1.29, 1.82) is 0 Å². The molecule has 2 aromatic rings. The van der Waals surface area contributed by atoms with Crippen LogP contribution in [-0.4, -0.2) is 30.2 Å². The number of hydrogen-bond acceptors (Lipinski definition) is 6. The minimum atomic E-state index is 0.106. The zero-order chi connectivity index (χ0) is 14.7. The molecule has 0 spiro atoms. The smallest absolute Gasteiger partial charge is 0.117 e. The van der Waals surface area contributed by atoms with Crippen molar-refractivity contribution < 1.29 is 4.74 Å². The molecule has 0 fully saturated rings. The van der Waals surface area contributed by atoms with E-state index in [0.717, 1.165) is 28.7 Å². The second-order valence-corrected chi connectivity index (χ2v) is 7.34. The normalized spacial score (nSPS) is 15.9. The second kappa shape index (κ2) is 6.96. The Bertz CT molecular complexity index is 570. The van der Waals surface area contributed by atoms with Crippen molar-refractivity contribution in [3.63, 3.8) is 0 Å². The largest absolute Gasteiger partial charge is 0.383 e. The van der Waals surface area contributed by atoms with Crippen LogP contribution in [0.1, 0.15) is 45.2 Å². The van der Waals surface area contributed by atoms with Crippen molar-refractivity contribution in [3.8, 4) is 0 Å². The molecule has 114 valence electrons. The first-order valence-corrected chi connectivity index (χ1v) is 9.10. The summed E-state index contributed by atoms with van der Waals surface area (Å²) in [6.45, 7) is 3.55. The molecule has 1 atom stereocenters. The highest BCUT2D eigenvalue weighted by Crippen LogP contribution is 2.33. The number of aryl methyl sites for hydroxylation is 3. The number of fused-ring (bicyclic) bond motifs is 1. The summed E-state index contributed by atoms with van der Waals surface area (Å²) in [6, 6.07) is 0.106. The maximum absolute atomic E-state index is 5.15. The van der Waals surface area contributed by atoms with E-state index in [1.54, 1.807) is 18.4 Å². The van der Waals surface area contributed by atoms with Crippen LogP contribution < -0.4 is 5.32 Å². The van der Waals surface area contributed by atoms with E-state index in [0.29, 0.717) is 6.61 Å². The van der Waals surface area contributed by atoms with E-state index in [2.05, 4.69) is 15.7 Å². The molecule has 4 nitrogen and oxygen atoms in total. The van der Waals surface area contributed by atoms with Crippen molar-refractivity contribution in [3.05, 3.63) is 31.7 Å². The van der Waals surface area contributed by atoms with Gasteiger partial charge in [0.1, 0.15) is 16.1 Å². The molecule has 0 aliphatic heterocycles. The molecule has 0 amide bonds. The average Bonchev–Trinajstić information content (AvgIpc) is 3.09. The number of aromatic nitrogens is 2. The van der Waals surface area contributed by atoms with Gasteiger partial charge in [-0.15, -0.1) is 22.7 Å². The van der Waals surface area contributed by atoms with Gasteiger partial charge >= 0.3 is 0 Å². The monoisotopic (exact) mass is 323 g/mol. The van der Waals surface area contributed by atoms with Gasteiger partial charge in [-0.3, -0.25) is 5.32 Å². The Morgan fingerprint density at radius 1 is 1.29 bits per heavy atom. The van der Waals surface area contributed by atoms with Crippen molar-refractivity contribution in [1.82, 2.24) is 15.3 Å². The number of thiazole rings is 2. The van der Waals surface area contributed by atoms with Crippen LogP contribution in [0.25, 0.3) is 0 Å². The molecular weight excluding hydrogens is 302 g/mol. The number of nitrogens with zero attached hydrogens (tertiary/aromatic N) is 2. The summed E-state index contributed by atoms with van der Waals surface area (Å²) in [4.78, 5) is 11.0. The SMILES string of the molecule is COCCNC(c1nc(C)cs1)c1nc2c(s1)CCCC2. The Morgan fingerprint density at radius 2 is 2.14 bits per heavy atom. The fraction of sp³-hybridized carbons (Fsp3) is 0.600. The molecule has 0 saturated carbocycles. The molecule has 1 aliphatic rings. The van der Waals surface area contributed by atoms with E-state index in [9.17, 15) is 0 Å². The Hall–Kier alpha value is -0.820. The lowest BCUT2D eigenvalue weighted by Crippen LogP contribution is -2.26. The first-order valence-electron chi connectivity index (χ1n) is 7.40. The van der Waals surface area contributed by atoms with Crippen LogP contribution in [0.3, 0.4) is 0 Å². The first kappa shape index (κ1) is 15.1. The first-order chi connectivity index (χ1) is 10.3. The van der Waals surface area contributed by atoms with Gasteiger partial charge in [-0.05, 0) is 32.6 Å². The third-order valence-corrected chi connectivity index (χ3v) is 5.90. The van der Waals surface area contributed by atoms with E-state index in [-0.39, 0.29) is 6.04 Å². The van der Waals surface area contributed by atoms with Crippen molar-refractivity contribution in [2.75, 3.05) is 20.3 Å². The fourth-order valence-electron chi connectivity index (χ4n) is 2.59. The van der Waals surface area contributed by atoms with Gasteiger partial charge in [-0.25, -0.2) is 9.97 Å². The fourth-order valence-corrected chi connectivity index (χ4v) is 4.77. The minimum Gasteiger partial charge on any atom is -0.383 e. The van der Waals surface area contributed by atoms with Crippen LogP contribution in [0.2, 0.25) is 0 Å². The van der Waals surface area contributed by atoms with E-state index in [1.807, 2.05) is 18.3 Å². The molecule has 6 heteroatoms. The van der Waals surface area contributed by atoms with Gasteiger partial charge in [-0.2, -0.15) is 0 Å². The molecule has 2 aromatic heterocycles. The average molecular weight is 323 g/mol. The Labute approximate surface area is 133 Å². The maximum Gasteiger partial charge on any atom is 0.117 e. The topological polar surface area (TPSA) is 47.0 Å². The van der Waals surface area contributed by atoms with Crippen LogP contribution in [0.15, 0.2) is 5.38 Å². The van der Waals surface area contributed by atoms with Crippen molar-refractivity contribution in [2.24, 2.45) is 0 Å². The summed E-state index contributed by atoms with van der Waals surface area (Å²) >= 11 is 3.57. The van der Waals surface area contributed by atoms with Crippen LogP contribution in [0, 0.1) is 6.92 Å². The summed E-state index contributed by atoms with van der Waals surface area (Å²) < 4.78 is 5.15. The van der Waals surface area contributed by atoms with Gasteiger partial charge in [0.05, 0.1) is 12.3 Å². The molecule has 0 aromatic carbocycles. The molecule has 1 aliphatic carbocycles. The predicted molar refractivity (Wildman–Crippen MR) is 87.3 cm³/mol. The molecule has 0 bridgehead atoms. The van der Waals surface area contributed by atoms with Gasteiger partial charge < -0.3 is 4.74 Å². The van der Waals surface area contributed by atoms with Gasteiger partial charge in [0.15, 0.2) is 0 Å². The highest BCUT2D eigenvalue weighted by molar-refractivity contribution is 7.12. The Balaban J connectivity index is 1.85. The second-order valence-electron chi connectivity index (χ2n) is 5.34. The summed E-state index contributed by atoms with van der Waals surface area (Å²) in [5.74, 6) is 0. The summed E-state index contributed by atoms with van der Waals surface area (Å²) in [5.41, 5.74) is 2.39. The zero-order valence-electron chi connectivity index (χ0n) is 12.5. The minimum absolute atomic E-state index is 0.106.